The topological polar surface area (TPSA) is 41.1 Å². The third kappa shape index (κ3) is 2.78. The predicted octanol–water partition coefficient (Wildman–Crippen LogP) is 2.57. The van der Waals surface area contributed by atoms with Crippen molar-refractivity contribution in [3.05, 3.63) is 29.3 Å². The Balaban J connectivity index is 2.04. The largest absolute Gasteiger partial charge is 0.384 e. The Hall–Kier alpha value is -1.51. The molecule has 92 valence electrons. The summed E-state index contributed by atoms with van der Waals surface area (Å²) in [5.74, 6) is 0.0300. The fraction of sp³-hybridized carbons (Fsp3) is 0.500. The van der Waals surface area contributed by atoms with Crippen LogP contribution in [0.5, 0.6) is 0 Å². The van der Waals surface area contributed by atoms with Gasteiger partial charge in [0.2, 0.25) is 0 Å². The smallest absolute Gasteiger partial charge is 0.251 e. The molecule has 0 bridgehead atoms. The Kier molecular flexibility index (Phi) is 3.67. The van der Waals surface area contributed by atoms with Gasteiger partial charge in [-0.25, -0.2) is 0 Å². The van der Waals surface area contributed by atoms with Crippen LogP contribution in [-0.2, 0) is 6.42 Å². The lowest BCUT2D eigenvalue weighted by Gasteiger charge is -2.13. The lowest BCUT2D eigenvalue weighted by Crippen LogP contribution is -2.32. The number of amides is 1. The minimum absolute atomic E-state index is 0.0300. The van der Waals surface area contributed by atoms with Gasteiger partial charge in [-0.2, -0.15) is 0 Å². The second-order valence-electron chi connectivity index (χ2n) is 4.71. The van der Waals surface area contributed by atoms with Gasteiger partial charge in [0.05, 0.1) is 0 Å². The van der Waals surface area contributed by atoms with Crippen LogP contribution in [0.3, 0.4) is 0 Å². The Labute approximate surface area is 103 Å². The van der Waals surface area contributed by atoms with Gasteiger partial charge in [0.15, 0.2) is 0 Å². The Morgan fingerprint density at radius 3 is 3.12 bits per heavy atom. The number of nitrogens with one attached hydrogen (secondary N) is 2. The molecule has 1 aliphatic heterocycles. The van der Waals surface area contributed by atoms with Crippen molar-refractivity contribution in [1.29, 1.82) is 0 Å². The first-order valence-electron chi connectivity index (χ1n) is 6.38. The lowest BCUT2D eigenvalue weighted by atomic mass is 10.1. The summed E-state index contributed by atoms with van der Waals surface area (Å²) in [6, 6.07) is 6.17. The number of carbonyl (C=O) groups excluding carboxylic acids is 1. The number of fused-ring (bicyclic) bond motifs is 1. The van der Waals surface area contributed by atoms with Crippen molar-refractivity contribution in [2.24, 2.45) is 0 Å². The summed E-state index contributed by atoms with van der Waals surface area (Å²) in [6.07, 6.45) is 3.17. The molecule has 1 aromatic carbocycles. The first kappa shape index (κ1) is 12.0. The zero-order valence-corrected chi connectivity index (χ0v) is 10.5. The summed E-state index contributed by atoms with van der Waals surface area (Å²) in [7, 11) is 0. The Morgan fingerprint density at radius 1 is 1.53 bits per heavy atom. The minimum atomic E-state index is 0.0300. The molecule has 0 radical (unpaired) electrons. The average molecular weight is 232 g/mol. The van der Waals surface area contributed by atoms with Crippen LogP contribution in [0.25, 0.3) is 0 Å². The third-order valence-electron chi connectivity index (χ3n) is 3.18. The summed E-state index contributed by atoms with van der Waals surface area (Å²) in [4.78, 5) is 12.0. The van der Waals surface area contributed by atoms with Crippen molar-refractivity contribution in [1.82, 2.24) is 5.32 Å². The van der Waals surface area contributed by atoms with Gasteiger partial charge in [0.1, 0.15) is 0 Å². The van der Waals surface area contributed by atoms with Gasteiger partial charge in [0, 0.05) is 23.8 Å². The molecule has 1 atom stereocenters. The number of carbonyl (C=O) groups is 1. The number of hydrogen-bond donors (Lipinski definition) is 2. The first-order chi connectivity index (χ1) is 8.20. The maximum atomic E-state index is 12.0. The number of rotatable bonds is 4. The molecule has 0 aromatic heterocycles. The van der Waals surface area contributed by atoms with Gasteiger partial charge in [-0.15, -0.1) is 0 Å². The molecule has 1 unspecified atom stereocenters. The van der Waals surface area contributed by atoms with Crippen LogP contribution in [0, 0.1) is 0 Å². The van der Waals surface area contributed by atoms with Crippen molar-refractivity contribution >= 4 is 11.6 Å². The molecule has 0 fully saturated rings. The highest BCUT2D eigenvalue weighted by Crippen LogP contribution is 2.23. The van der Waals surface area contributed by atoms with Crippen LogP contribution in [0.4, 0.5) is 5.69 Å². The normalized spacial score (nSPS) is 14.9. The standard InChI is InChI=1S/C14H20N2O/c1-3-4-10(2)16-14(17)12-6-5-11-7-8-15-13(11)9-12/h5-6,9-10,15H,3-4,7-8H2,1-2H3,(H,16,17). The molecule has 17 heavy (non-hydrogen) atoms. The maximum Gasteiger partial charge on any atom is 0.251 e. The van der Waals surface area contributed by atoms with E-state index < -0.39 is 0 Å². The highest BCUT2D eigenvalue weighted by molar-refractivity contribution is 5.95. The van der Waals surface area contributed by atoms with Gasteiger partial charge in [-0.3, -0.25) is 4.79 Å². The molecule has 1 amide bonds. The lowest BCUT2D eigenvalue weighted by molar-refractivity contribution is 0.0938. The van der Waals surface area contributed by atoms with E-state index in [-0.39, 0.29) is 11.9 Å². The van der Waals surface area contributed by atoms with Gasteiger partial charge in [0.25, 0.3) is 5.91 Å². The Morgan fingerprint density at radius 2 is 2.35 bits per heavy atom. The van der Waals surface area contributed by atoms with E-state index >= 15 is 0 Å². The average Bonchev–Trinajstić information content (AvgIpc) is 2.75. The van der Waals surface area contributed by atoms with E-state index in [2.05, 4.69) is 23.6 Å². The van der Waals surface area contributed by atoms with E-state index in [0.29, 0.717) is 0 Å². The van der Waals surface area contributed by atoms with Crippen LogP contribution >= 0.6 is 0 Å². The summed E-state index contributed by atoms with van der Waals surface area (Å²) in [5, 5.41) is 6.32. The highest BCUT2D eigenvalue weighted by Gasteiger charge is 2.14. The van der Waals surface area contributed by atoms with Crippen LogP contribution in [0.2, 0.25) is 0 Å². The maximum absolute atomic E-state index is 12.0. The van der Waals surface area contributed by atoms with Gasteiger partial charge < -0.3 is 10.6 Å². The van der Waals surface area contributed by atoms with Crippen molar-refractivity contribution in [2.75, 3.05) is 11.9 Å². The van der Waals surface area contributed by atoms with Crippen molar-refractivity contribution in [3.8, 4) is 0 Å². The van der Waals surface area contributed by atoms with Crippen LogP contribution in [-0.4, -0.2) is 18.5 Å². The molecule has 1 aliphatic rings. The second-order valence-corrected chi connectivity index (χ2v) is 4.71. The third-order valence-corrected chi connectivity index (χ3v) is 3.18. The van der Waals surface area contributed by atoms with E-state index in [1.54, 1.807) is 0 Å². The molecule has 0 saturated carbocycles. The fourth-order valence-corrected chi connectivity index (χ4v) is 2.24. The van der Waals surface area contributed by atoms with Crippen LogP contribution in [0.1, 0.15) is 42.6 Å². The molecular weight excluding hydrogens is 212 g/mol. The predicted molar refractivity (Wildman–Crippen MR) is 70.5 cm³/mol. The molecule has 2 N–H and O–H groups in total. The molecular formula is C14H20N2O. The zero-order valence-electron chi connectivity index (χ0n) is 10.5. The SMILES string of the molecule is CCCC(C)NC(=O)c1ccc2c(c1)NCC2. The minimum Gasteiger partial charge on any atom is -0.384 e. The van der Waals surface area contributed by atoms with Crippen molar-refractivity contribution in [2.45, 2.75) is 39.2 Å². The van der Waals surface area contributed by atoms with Crippen molar-refractivity contribution in [3.63, 3.8) is 0 Å². The Bertz CT molecular complexity index is 415. The van der Waals surface area contributed by atoms with E-state index in [4.69, 9.17) is 0 Å². The van der Waals surface area contributed by atoms with Crippen LogP contribution < -0.4 is 10.6 Å². The van der Waals surface area contributed by atoms with E-state index in [1.807, 2.05) is 19.1 Å². The van der Waals surface area contributed by atoms with E-state index in [0.717, 1.165) is 37.1 Å². The zero-order chi connectivity index (χ0) is 12.3. The van der Waals surface area contributed by atoms with E-state index in [9.17, 15) is 4.79 Å². The molecule has 0 spiro atoms. The fourth-order valence-electron chi connectivity index (χ4n) is 2.24. The summed E-state index contributed by atoms with van der Waals surface area (Å²) < 4.78 is 0. The summed E-state index contributed by atoms with van der Waals surface area (Å²) in [6.45, 7) is 5.15. The molecule has 2 rings (SSSR count). The van der Waals surface area contributed by atoms with Gasteiger partial charge in [-0.1, -0.05) is 19.4 Å². The van der Waals surface area contributed by atoms with Gasteiger partial charge >= 0.3 is 0 Å². The quantitative estimate of drug-likeness (QED) is 0.837. The molecule has 0 aliphatic carbocycles. The first-order valence-corrected chi connectivity index (χ1v) is 6.38. The monoisotopic (exact) mass is 232 g/mol. The number of anilines is 1. The highest BCUT2D eigenvalue weighted by atomic mass is 16.1. The van der Waals surface area contributed by atoms with Gasteiger partial charge in [-0.05, 0) is 37.5 Å². The number of hydrogen-bond acceptors (Lipinski definition) is 2. The molecule has 1 aromatic rings. The van der Waals surface area contributed by atoms with Crippen molar-refractivity contribution < 1.29 is 4.79 Å². The summed E-state index contributed by atoms with van der Waals surface area (Å²) >= 11 is 0. The second kappa shape index (κ2) is 5.21. The molecule has 1 heterocycles. The van der Waals surface area contributed by atoms with E-state index in [1.165, 1.54) is 5.56 Å². The van der Waals surface area contributed by atoms with Crippen LogP contribution in [0.15, 0.2) is 18.2 Å². The molecule has 3 heteroatoms. The number of benzene rings is 1. The molecule has 0 saturated heterocycles. The molecule has 3 nitrogen and oxygen atoms in total. The summed E-state index contributed by atoms with van der Waals surface area (Å²) in [5.41, 5.74) is 3.17.